The fourth-order valence-corrected chi connectivity index (χ4v) is 5.77. The van der Waals surface area contributed by atoms with Crippen LogP contribution < -0.4 is 0 Å². The van der Waals surface area contributed by atoms with Crippen molar-refractivity contribution in [1.82, 2.24) is 19.6 Å². The van der Waals surface area contributed by atoms with Gasteiger partial charge < -0.3 is 9.64 Å². The van der Waals surface area contributed by atoms with Crippen molar-refractivity contribution in [3.05, 3.63) is 76.4 Å². The lowest BCUT2D eigenvalue weighted by atomic mass is 9.92. The van der Waals surface area contributed by atoms with Gasteiger partial charge in [-0.2, -0.15) is 23.5 Å². The molecule has 0 radical (unpaired) electrons. The zero-order chi connectivity index (χ0) is 31.3. The van der Waals surface area contributed by atoms with E-state index in [0.29, 0.717) is 27.5 Å². The van der Waals surface area contributed by atoms with Crippen molar-refractivity contribution in [2.24, 2.45) is 0 Å². The molecule has 43 heavy (non-hydrogen) atoms. The molecule has 3 amide bonds. The van der Waals surface area contributed by atoms with Gasteiger partial charge in [-0.3, -0.25) is 14.3 Å². The number of carbonyl (C=O) groups excluding carboxylic acids is 3. The standard InChI is InChI=1S/C30H27F4N5O4/c1-17-26(18(2)39(36-17)13-12-35)22-6-9-24-21(14-22)10-11-29(24)27(41)38(28(42)43-29)16-25(40)37(19(3)30(32,33)34)15-20-4-7-23(31)8-5-20/h4-9,14,19H,10-11,13,15-16H2,1-3H3/t19-,29+/m0/s1. The average Bonchev–Trinajstić information content (AvgIpc) is 3.53. The Morgan fingerprint density at radius 3 is 2.53 bits per heavy atom. The molecule has 1 spiro atoms. The lowest BCUT2D eigenvalue weighted by molar-refractivity contribution is -0.187. The minimum absolute atomic E-state index is 0.0861. The first kappa shape index (κ1) is 29.8. The normalized spacial score (nSPS) is 18.5. The summed E-state index contributed by atoms with van der Waals surface area (Å²) in [6.45, 7) is 3.08. The van der Waals surface area contributed by atoms with E-state index in [1.54, 1.807) is 16.8 Å². The van der Waals surface area contributed by atoms with Gasteiger partial charge >= 0.3 is 12.3 Å². The van der Waals surface area contributed by atoms with Gasteiger partial charge in [0.1, 0.15) is 24.9 Å². The van der Waals surface area contributed by atoms with E-state index >= 15 is 0 Å². The molecule has 3 aromatic rings. The number of fused-ring (bicyclic) bond motifs is 2. The van der Waals surface area contributed by atoms with Gasteiger partial charge in [0.15, 0.2) is 0 Å². The second kappa shape index (κ2) is 10.8. The number of alkyl halides is 3. The summed E-state index contributed by atoms with van der Waals surface area (Å²) in [4.78, 5) is 40.9. The summed E-state index contributed by atoms with van der Waals surface area (Å²) in [5.41, 5.74) is 2.86. The average molecular weight is 598 g/mol. The molecule has 5 rings (SSSR count). The summed E-state index contributed by atoms with van der Waals surface area (Å²) < 4.78 is 61.6. The van der Waals surface area contributed by atoms with Crippen LogP contribution in [0.1, 0.15) is 41.4 Å². The molecule has 2 aliphatic rings. The Morgan fingerprint density at radius 2 is 1.88 bits per heavy atom. The van der Waals surface area contributed by atoms with E-state index in [1.165, 1.54) is 12.1 Å². The number of benzene rings is 2. The van der Waals surface area contributed by atoms with Gasteiger partial charge in [-0.05, 0) is 56.0 Å². The van der Waals surface area contributed by atoms with Gasteiger partial charge in [-0.25, -0.2) is 14.1 Å². The molecule has 0 bridgehead atoms. The summed E-state index contributed by atoms with van der Waals surface area (Å²) in [6, 6.07) is 9.73. The highest BCUT2D eigenvalue weighted by atomic mass is 19.4. The SMILES string of the molecule is Cc1nn(CC#N)c(C)c1-c1ccc2c(c1)CC[C@@]21OC(=O)N(CC(=O)N(Cc2ccc(F)cc2)[C@@H](C)C(F)(F)F)C1=O. The van der Waals surface area contributed by atoms with Crippen LogP contribution in [0.5, 0.6) is 0 Å². The van der Waals surface area contributed by atoms with Crippen molar-refractivity contribution in [2.75, 3.05) is 6.54 Å². The summed E-state index contributed by atoms with van der Waals surface area (Å²) in [7, 11) is 0. The number of hydrogen-bond acceptors (Lipinski definition) is 6. The maximum Gasteiger partial charge on any atom is 0.418 e. The Morgan fingerprint density at radius 1 is 1.19 bits per heavy atom. The van der Waals surface area contributed by atoms with E-state index in [1.807, 2.05) is 19.9 Å². The van der Waals surface area contributed by atoms with Crippen LogP contribution in [-0.4, -0.2) is 56.3 Å². The first-order chi connectivity index (χ1) is 20.3. The molecule has 1 aliphatic heterocycles. The van der Waals surface area contributed by atoms with Gasteiger partial charge in [-0.15, -0.1) is 0 Å². The lowest BCUT2D eigenvalue weighted by Gasteiger charge is -2.31. The van der Waals surface area contributed by atoms with E-state index in [0.717, 1.165) is 41.4 Å². The minimum atomic E-state index is -4.80. The maximum atomic E-state index is 13.7. The molecule has 0 N–H and O–H groups in total. The largest absolute Gasteiger partial charge is 0.427 e. The van der Waals surface area contributed by atoms with Crippen LogP contribution in [0.4, 0.5) is 22.4 Å². The molecular weight excluding hydrogens is 570 g/mol. The summed E-state index contributed by atoms with van der Waals surface area (Å²) in [6.07, 6.45) is -5.45. The number of halogens is 4. The second-order valence-corrected chi connectivity index (χ2v) is 10.7. The molecule has 224 valence electrons. The van der Waals surface area contributed by atoms with E-state index in [4.69, 9.17) is 10.00 Å². The highest BCUT2D eigenvalue weighted by Crippen LogP contribution is 2.46. The van der Waals surface area contributed by atoms with E-state index < -0.39 is 54.6 Å². The Labute approximate surface area is 244 Å². The van der Waals surface area contributed by atoms with Crippen LogP contribution in [0.2, 0.25) is 0 Å². The van der Waals surface area contributed by atoms with Crippen molar-refractivity contribution in [3.63, 3.8) is 0 Å². The van der Waals surface area contributed by atoms with E-state index in [-0.39, 0.29) is 18.5 Å². The first-order valence-electron chi connectivity index (χ1n) is 13.5. The Hall–Kier alpha value is -4.73. The number of hydrogen-bond donors (Lipinski definition) is 0. The molecule has 2 atom stereocenters. The number of carbonyl (C=O) groups is 3. The number of rotatable bonds is 7. The van der Waals surface area contributed by atoms with Gasteiger partial charge in [0.2, 0.25) is 11.5 Å². The van der Waals surface area contributed by atoms with Crippen LogP contribution >= 0.6 is 0 Å². The molecule has 0 unspecified atom stereocenters. The smallest absolute Gasteiger partial charge is 0.418 e. The summed E-state index contributed by atoms with van der Waals surface area (Å²) in [5, 5.41) is 13.5. The molecule has 0 saturated carbocycles. The minimum Gasteiger partial charge on any atom is -0.427 e. The Bertz CT molecular complexity index is 1660. The van der Waals surface area contributed by atoms with E-state index in [9.17, 15) is 31.9 Å². The van der Waals surface area contributed by atoms with Gasteiger partial charge in [-0.1, -0.05) is 30.3 Å². The van der Waals surface area contributed by atoms with Gasteiger partial charge in [0, 0.05) is 29.8 Å². The van der Waals surface area contributed by atoms with Crippen molar-refractivity contribution < 1.29 is 36.7 Å². The number of amides is 3. The monoisotopic (exact) mass is 597 g/mol. The Balaban J connectivity index is 1.40. The number of ether oxygens (including phenoxy) is 1. The molecule has 1 fully saturated rings. The van der Waals surface area contributed by atoms with Gasteiger partial charge in [0.05, 0.1) is 11.8 Å². The molecular formula is C30H27F4N5O4. The van der Waals surface area contributed by atoms with Crippen molar-refractivity contribution >= 4 is 17.9 Å². The number of nitriles is 1. The zero-order valence-electron chi connectivity index (χ0n) is 23.5. The molecule has 1 saturated heterocycles. The van der Waals surface area contributed by atoms with Crippen molar-refractivity contribution in [1.29, 1.82) is 5.26 Å². The fourth-order valence-electron chi connectivity index (χ4n) is 5.77. The highest BCUT2D eigenvalue weighted by molar-refractivity contribution is 6.06. The molecule has 2 aromatic carbocycles. The van der Waals surface area contributed by atoms with Crippen molar-refractivity contribution in [2.45, 2.75) is 64.5 Å². The molecule has 9 nitrogen and oxygen atoms in total. The number of imide groups is 1. The third kappa shape index (κ3) is 5.22. The third-order valence-corrected chi connectivity index (χ3v) is 8.07. The topological polar surface area (TPSA) is 109 Å². The molecule has 2 heterocycles. The van der Waals surface area contributed by atoms with Crippen LogP contribution in [-0.2, 0) is 39.4 Å². The summed E-state index contributed by atoms with van der Waals surface area (Å²) >= 11 is 0. The van der Waals surface area contributed by atoms with Gasteiger partial charge in [0.25, 0.3) is 5.91 Å². The van der Waals surface area contributed by atoms with Crippen molar-refractivity contribution in [3.8, 4) is 17.2 Å². The quantitative estimate of drug-likeness (QED) is 0.358. The van der Waals surface area contributed by atoms with Crippen LogP contribution in [0.3, 0.4) is 0 Å². The third-order valence-electron chi connectivity index (χ3n) is 8.07. The van der Waals surface area contributed by atoms with E-state index in [2.05, 4.69) is 11.2 Å². The zero-order valence-corrected chi connectivity index (χ0v) is 23.5. The number of aromatic nitrogens is 2. The Kier molecular flexibility index (Phi) is 7.50. The van der Waals surface area contributed by atoms with Crippen LogP contribution in [0.25, 0.3) is 11.1 Å². The predicted molar refractivity (Wildman–Crippen MR) is 143 cm³/mol. The molecule has 1 aromatic heterocycles. The maximum absolute atomic E-state index is 13.7. The first-order valence-corrected chi connectivity index (χ1v) is 13.5. The number of aryl methyl sites for hydroxylation is 2. The van der Waals surface area contributed by atoms with Crippen LogP contribution in [0.15, 0.2) is 42.5 Å². The second-order valence-electron chi connectivity index (χ2n) is 10.7. The fraction of sp³-hybridized carbons (Fsp3) is 0.367. The lowest BCUT2D eigenvalue weighted by Crippen LogP contribution is -2.51. The molecule has 13 heteroatoms. The molecule has 1 aliphatic carbocycles. The highest BCUT2D eigenvalue weighted by Gasteiger charge is 2.58. The summed E-state index contributed by atoms with van der Waals surface area (Å²) in [5.74, 6) is -2.54. The van der Waals surface area contributed by atoms with Crippen LogP contribution in [0, 0.1) is 31.0 Å². The predicted octanol–water partition coefficient (Wildman–Crippen LogP) is 4.93. The number of nitrogens with zero attached hydrogens (tertiary/aromatic N) is 5.